The van der Waals surface area contributed by atoms with Crippen molar-refractivity contribution in [2.45, 2.75) is 45.6 Å². The van der Waals surface area contributed by atoms with Gasteiger partial charge in [0.2, 0.25) is 0 Å². The van der Waals surface area contributed by atoms with Crippen LogP contribution in [-0.2, 0) is 21.6 Å². The van der Waals surface area contributed by atoms with Gasteiger partial charge in [-0.25, -0.2) is 0 Å². The van der Waals surface area contributed by atoms with Gasteiger partial charge in [0.05, 0.1) is 5.92 Å². The van der Waals surface area contributed by atoms with Crippen LogP contribution in [0.5, 0.6) is 0 Å². The normalized spacial score (nSPS) is 24.2. The summed E-state index contributed by atoms with van der Waals surface area (Å²) in [5, 5.41) is 0. The Hall–Kier alpha value is -1.31. The van der Waals surface area contributed by atoms with Crippen molar-refractivity contribution in [3.8, 4) is 0 Å². The Balaban J connectivity index is 2.19. The van der Waals surface area contributed by atoms with Crippen molar-refractivity contribution in [2.75, 3.05) is 0 Å². The van der Waals surface area contributed by atoms with E-state index in [0.29, 0.717) is 0 Å². The van der Waals surface area contributed by atoms with Gasteiger partial charge in [0.25, 0.3) is 0 Å². The molecule has 0 aromatic heterocycles. The maximum Gasteiger partial charge on any atom is 0.309 e. The van der Waals surface area contributed by atoms with E-state index in [1.165, 1.54) is 11.1 Å². The monoisotopic (exact) mass is 232 g/mol. The fraction of sp³-hybridized carbons (Fsp3) is 0.533. The zero-order valence-corrected chi connectivity index (χ0v) is 10.8. The van der Waals surface area contributed by atoms with Gasteiger partial charge in [-0.2, -0.15) is 0 Å². The number of carbonyl (C=O) groups is 1. The summed E-state index contributed by atoms with van der Waals surface area (Å²) in [4.78, 5) is 11.9. The lowest BCUT2D eigenvalue weighted by molar-refractivity contribution is -0.163. The number of aryl methyl sites for hydroxylation is 1. The largest absolute Gasteiger partial charge is 0.454 e. The van der Waals surface area contributed by atoms with E-state index in [2.05, 4.69) is 12.1 Å². The van der Waals surface area contributed by atoms with Crippen molar-refractivity contribution in [1.29, 1.82) is 0 Å². The molecule has 0 spiro atoms. The maximum atomic E-state index is 11.9. The molecule has 1 aromatic rings. The summed E-state index contributed by atoms with van der Waals surface area (Å²) in [7, 11) is 0. The van der Waals surface area contributed by atoms with Crippen molar-refractivity contribution in [3.63, 3.8) is 0 Å². The number of rotatable bonds is 3. The highest BCUT2D eigenvalue weighted by molar-refractivity contribution is 5.72. The molecular weight excluding hydrogens is 212 g/mol. The van der Waals surface area contributed by atoms with Crippen LogP contribution < -0.4 is 0 Å². The summed E-state index contributed by atoms with van der Waals surface area (Å²) in [6, 6.07) is 8.25. The van der Waals surface area contributed by atoms with Crippen molar-refractivity contribution in [3.05, 3.63) is 35.4 Å². The molecule has 17 heavy (non-hydrogen) atoms. The number of hydrogen-bond donors (Lipinski definition) is 0. The first-order valence-corrected chi connectivity index (χ1v) is 6.38. The molecule has 2 nitrogen and oxygen atoms in total. The Morgan fingerprint density at radius 2 is 2.18 bits per heavy atom. The van der Waals surface area contributed by atoms with E-state index in [4.69, 9.17) is 4.74 Å². The highest BCUT2D eigenvalue weighted by Crippen LogP contribution is 2.40. The van der Waals surface area contributed by atoms with Gasteiger partial charge in [-0.1, -0.05) is 38.1 Å². The number of carbonyl (C=O) groups excluding carboxylic acids is 1. The molecule has 0 heterocycles. The molecule has 2 atom stereocenters. The first kappa shape index (κ1) is 12.2. The van der Waals surface area contributed by atoms with Crippen LogP contribution in [0, 0.1) is 5.92 Å². The molecule has 1 aliphatic rings. The van der Waals surface area contributed by atoms with Crippen molar-refractivity contribution >= 4 is 5.97 Å². The zero-order valence-electron chi connectivity index (χ0n) is 10.8. The van der Waals surface area contributed by atoms with E-state index in [1.54, 1.807) is 0 Å². The predicted molar refractivity (Wildman–Crippen MR) is 67.7 cm³/mol. The topological polar surface area (TPSA) is 26.3 Å². The van der Waals surface area contributed by atoms with Crippen LogP contribution in [0.4, 0.5) is 0 Å². The van der Waals surface area contributed by atoms with Crippen LogP contribution in [0.3, 0.4) is 0 Å². The third kappa shape index (κ3) is 2.21. The molecule has 92 valence electrons. The zero-order chi connectivity index (χ0) is 12.5. The smallest absolute Gasteiger partial charge is 0.309 e. The van der Waals surface area contributed by atoms with Crippen LogP contribution in [0.1, 0.15) is 44.7 Å². The molecule has 2 rings (SSSR count). The third-order valence-electron chi connectivity index (χ3n) is 3.80. The summed E-state index contributed by atoms with van der Waals surface area (Å²) >= 11 is 0. The molecule has 0 N–H and O–H groups in total. The molecule has 0 bridgehead atoms. The van der Waals surface area contributed by atoms with E-state index >= 15 is 0 Å². The Bertz CT molecular complexity index is 425. The number of hydrogen-bond acceptors (Lipinski definition) is 2. The highest BCUT2D eigenvalue weighted by atomic mass is 16.6. The number of fused-ring (bicyclic) bond motifs is 1. The van der Waals surface area contributed by atoms with Crippen LogP contribution in [-0.4, -0.2) is 5.97 Å². The Morgan fingerprint density at radius 3 is 2.88 bits per heavy atom. The van der Waals surface area contributed by atoms with Crippen LogP contribution >= 0.6 is 0 Å². The van der Waals surface area contributed by atoms with Crippen molar-refractivity contribution < 1.29 is 9.53 Å². The predicted octanol–water partition coefficient (Wildman–Crippen LogP) is 3.44. The minimum Gasteiger partial charge on any atom is -0.454 e. The second-order valence-electron chi connectivity index (χ2n) is 5.12. The van der Waals surface area contributed by atoms with Crippen LogP contribution in [0.15, 0.2) is 24.3 Å². The molecule has 0 saturated heterocycles. The second-order valence-corrected chi connectivity index (χ2v) is 5.12. The summed E-state index contributed by atoms with van der Waals surface area (Å²) in [5.74, 6) is -0.0914. The second kappa shape index (κ2) is 4.52. The first-order chi connectivity index (χ1) is 8.07. The lowest BCUT2D eigenvalue weighted by Gasteiger charge is -2.27. The third-order valence-corrected chi connectivity index (χ3v) is 3.80. The summed E-state index contributed by atoms with van der Waals surface area (Å²) in [6.07, 6.45) is 2.73. The fourth-order valence-electron chi connectivity index (χ4n) is 2.36. The number of benzene rings is 1. The Labute approximate surface area is 103 Å². The quantitative estimate of drug-likeness (QED) is 0.746. The highest BCUT2D eigenvalue weighted by Gasteiger charge is 2.38. The van der Waals surface area contributed by atoms with E-state index in [1.807, 2.05) is 32.9 Å². The lowest BCUT2D eigenvalue weighted by Crippen LogP contribution is -2.29. The fourth-order valence-corrected chi connectivity index (χ4v) is 2.36. The van der Waals surface area contributed by atoms with Gasteiger partial charge in [0, 0.05) is 0 Å². The molecule has 0 aliphatic heterocycles. The SMILES string of the molecule is CCC(C)C(=O)OC1(C)CCc2ccccc21. The number of esters is 1. The average molecular weight is 232 g/mol. The van der Waals surface area contributed by atoms with Gasteiger partial charge < -0.3 is 4.74 Å². The molecule has 1 aromatic carbocycles. The van der Waals surface area contributed by atoms with Crippen molar-refractivity contribution in [1.82, 2.24) is 0 Å². The summed E-state index contributed by atoms with van der Waals surface area (Å²) in [5.41, 5.74) is 2.07. The molecule has 0 radical (unpaired) electrons. The van der Waals surface area contributed by atoms with Crippen LogP contribution in [0.2, 0.25) is 0 Å². The van der Waals surface area contributed by atoms with E-state index in [0.717, 1.165) is 19.3 Å². The molecular formula is C15H20O2. The van der Waals surface area contributed by atoms with Gasteiger partial charge in [0.15, 0.2) is 0 Å². The molecule has 0 saturated carbocycles. The molecule has 0 fully saturated rings. The maximum absolute atomic E-state index is 11.9. The first-order valence-electron chi connectivity index (χ1n) is 6.38. The molecule has 2 unspecified atom stereocenters. The Morgan fingerprint density at radius 1 is 1.47 bits per heavy atom. The van der Waals surface area contributed by atoms with Crippen LogP contribution in [0.25, 0.3) is 0 Å². The minimum absolute atomic E-state index is 0.0143. The van der Waals surface area contributed by atoms with Gasteiger partial charge in [-0.3, -0.25) is 4.79 Å². The van der Waals surface area contributed by atoms with E-state index in [-0.39, 0.29) is 11.9 Å². The number of ether oxygens (including phenoxy) is 1. The molecule has 1 aliphatic carbocycles. The Kier molecular flexibility index (Phi) is 3.23. The minimum atomic E-state index is -0.420. The standard InChI is InChI=1S/C15H20O2/c1-4-11(2)14(16)17-15(3)10-9-12-7-5-6-8-13(12)15/h5-8,11H,4,9-10H2,1-3H3. The van der Waals surface area contributed by atoms with Gasteiger partial charge >= 0.3 is 5.97 Å². The lowest BCUT2D eigenvalue weighted by atomic mass is 9.97. The summed E-state index contributed by atoms with van der Waals surface area (Å²) in [6.45, 7) is 5.96. The van der Waals surface area contributed by atoms with E-state index in [9.17, 15) is 4.79 Å². The average Bonchev–Trinajstić information content (AvgIpc) is 2.67. The summed E-state index contributed by atoms with van der Waals surface area (Å²) < 4.78 is 5.74. The van der Waals surface area contributed by atoms with E-state index < -0.39 is 5.60 Å². The molecule has 0 amide bonds. The van der Waals surface area contributed by atoms with Gasteiger partial charge in [-0.15, -0.1) is 0 Å². The molecule has 2 heteroatoms. The van der Waals surface area contributed by atoms with Gasteiger partial charge in [-0.05, 0) is 37.3 Å². The van der Waals surface area contributed by atoms with Crippen molar-refractivity contribution in [2.24, 2.45) is 5.92 Å². The van der Waals surface area contributed by atoms with Gasteiger partial charge in [0.1, 0.15) is 5.60 Å².